The highest BCUT2D eigenvalue weighted by Gasteiger charge is 2.35. The zero-order valence-electron chi connectivity index (χ0n) is 13.8. The summed E-state index contributed by atoms with van der Waals surface area (Å²) in [4.78, 5) is 15.0. The van der Waals surface area contributed by atoms with Crippen molar-refractivity contribution in [2.24, 2.45) is 5.14 Å². The molecule has 3 N–H and O–H groups in total. The number of urea groups is 1. The van der Waals surface area contributed by atoms with Gasteiger partial charge in [-0.1, -0.05) is 12.1 Å². The Hall–Kier alpha value is -1.85. The molecule has 1 atom stereocenters. The maximum Gasteiger partial charge on any atom is 0.401 e. The molecule has 2 heterocycles. The van der Waals surface area contributed by atoms with E-state index in [0.717, 1.165) is 5.56 Å². The standard InChI is InChI=1S/C15H19F3N4O3S/c16-15(17,18)9-21-6-10-2-1-3-13(12(10)8-21)20-14(23)22-5-4-11(7-22)26(19,24)25/h1-3,11H,4-9H2,(H,20,23)(H2,19,24,25). The lowest BCUT2D eigenvalue weighted by molar-refractivity contribution is -0.146. The van der Waals surface area contributed by atoms with Gasteiger partial charge in [0.2, 0.25) is 10.0 Å². The van der Waals surface area contributed by atoms with Crippen LogP contribution in [0.1, 0.15) is 17.5 Å². The topological polar surface area (TPSA) is 95.7 Å². The lowest BCUT2D eigenvalue weighted by Crippen LogP contribution is -2.37. The SMILES string of the molecule is NS(=O)(=O)C1CCN(C(=O)Nc2cccc3c2CN(CC(F)(F)F)C3)C1. The number of hydrogen-bond donors (Lipinski definition) is 2. The van der Waals surface area contributed by atoms with E-state index in [2.05, 4.69) is 5.32 Å². The molecule has 1 fully saturated rings. The van der Waals surface area contributed by atoms with E-state index in [-0.39, 0.29) is 32.6 Å². The summed E-state index contributed by atoms with van der Waals surface area (Å²) < 4.78 is 60.6. The van der Waals surface area contributed by atoms with Crippen LogP contribution in [0.2, 0.25) is 0 Å². The van der Waals surface area contributed by atoms with E-state index >= 15 is 0 Å². The normalized spacial score (nSPS) is 21.1. The van der Waals surface area contributed by atoms with Crippen LogP contribution in [0.3, 0.4) is 0 Å². The van der Waals surface area contributed by atoms with Gasteiger partial charge in [-0.05, 0) is 23.6 Å². The van der Waals surface area contributed by atoms with Gasteiger partial charge >= 0.3 is 12.2 Å². The van der Waals surface area contributed by atoms with E-state index in [4.69, 9.17) is 5.14 Å². The fraction of sp³-hybridized carbons (Fsp3) is 0.533. The van der Waals surface area contributed by atoms with Crippen LogP contribution >= 0.6 is 0 Å². The number of amides is 2. The Morgan fingerprint density at radius 2 is 2.04 bits per heavy atom. The fourth-order valence-corrected chi connectivity index (χ4v) is 4.17. The number of primary sulfonamides is 1. The molecule has 1 aromatic rings. The number of benzene rings is 1. The van der Waals surface area contributed by atoms with Crippen molar-refractivity contribution < 1.29 is 26.4 Å². The number of anilines is 1. The fourth-order valence-electron chi connectivity index (χ4n) is 3.35. The predicted molar refractivity (Wildman–Crippen MR) is 88.7 cm³/mol. The molecule has 0 saturated carbocycles. The highest BCUT2D eigenvalue weighted by Crippen LogP contribution is 2.31. The summed E-state index contributed by atoms with van der Waals surface area (Å²) in [7, 11) is -3.71. The lowest BCUT2D eigenvalue weighted by Gasteiger charge is -2.19. The first-order valence-corrected chi connectivity index (χ1v) is 9.61. The Kier molecular flexibility index (Phi) is 4.88. The van der Waals surface area contributed by atoms with Gasteiger partial charge < -0.3 is 10.2 Å². The van der Waals surface area contributed by atoms with E-state index < -0.39 is 34.0 Å². The number of nitrogens with one attached hydrogen (secondary N) is 1. The maximum atomic E-state index is 12.6. The molecule has 1 unspecified atom stereocenters. The first-order valence-electron chi connectivity index (χ1n) is 8.00. The Labute approximate surface area is 149 Å². The van der Waals surface area contributed by atoms with Gasteiger partial charge in [-0.2, -0.15) is 13.2 Å². The van der Waals surface area contributed by atoms with Crippen LogP contribution in [0, 0.1) is 0 Å². The van der Waals surface area contributed by atoms with Crippen LogP contribution in [0.15, 0.2) is 18.2 Å². The molecule has 11 heteroatoms. The molecule has 0 spiro atoms. The molecule has 0 radical (unpaired) electrons. The first kappa shape index (κ1) is 18.9. The zero-order chi connectivity index (χ0) is 19.1. The molecule has 2 aliphatic rings. The summed E-state index contributed by atoms with van der Waals surface area (Å²) in [5, 5.41) is 7.00. The first-order chi connectivity index (χ1) is 12.0. The van der Waals surface area contributed by atoms with Crippen molar-refractivity contribution in [1.82, 2.24) is 9.80 Å². The van der Waals surface area contributed by atoms with Gasteiger partial charge in [-0.25, -0.2) is 18.4 Å². The van der Waals surface area contributed by atoms with Gasteiger partial charge in [0.05, 0.1) is 11.8 Å². The minimum atomic E-state index is -4.29. The third kappa shape index (κ3) is 4.27. The van der Waals surface area contributed by atoms with Crippen molar-refractivity contribution in [3.8, 4) is 0 Å². The number of likely N-dealkylation sites (tertiary alicyclic amines) is 1. The number of nitrogens with zero attached hydrogens (tertiary/aromatic N) is 2. The number of sulfonamides is 1. The summed E-state index contributed by atoms with van der Waals surface area (Å²) in [5.41, 5.74) is 1.82. The molecular formula is C15H19F3N4O3S. The van der Waals surface area contributed by atoms with Crippen molar-refractivity contribution >= 4 is 21.7 Å². The maximum absolute atomic E-state index is 12.6. The lowest BCUT2D eigenvalue weighted by atomic mass is 10.1. The summed E-state index contributed by atoms with van der Waals surface area (Å²) in [6.07, 6.45) is -4.03. The number of nitrogens with two attached hydrogens (primary N) is 1. The summed E-state index contributed by atoms with van der Waals surface area (Å²) in [5.74, 6) is 0. The van der Waals surface area contributed by atoms with E-state index in [1.807, 2.05) is 0 Å². The number of alkyl halides is 3. The summed E-state index contributed by atoms with van der Waals surface area (Å²) in [6, 6.07) is 4.54. The molecule has 0 aliphatic carbocycles. The van der Waals surface area contributed by atoms with Crippen molar-refractivity contribution in [3.05, 3.63) is 29.3 Å². The average Bonchev–Trinajstić information content (AvgIpc) is 3.11. The Morgan fingerprint density at radius 1 is 1.31 bits per heavy atom. The number of hydrogen-bond acceptors (Lipinski definition) is 4. The predicted octanol–water partition coefficient (Wildman–Crippen LogP) is 1.46. The van der Waals surface area contributed by atoms with E-state index in [0.29, 0.717) is 11.3 Å². The summed E-state index contributed by atoms with van der Waals surface area (Å²) in [6.45, 7) is -0.514. The minimum Gasteiger partial charge on any atom is -0.323 e. The van der Waals surface area contributed by atoms with E-state index in [9.17, 15) is 26.4 Å². The van der Waals surface area contributed by atoms with Gasteiger partial charge in [0.1, 0.15) is 0 Å². The Bertz CT molecular complexity index is 813. The monoisotopic (exact) mass is 392 g/mol. The highest BCUT2D eigenvalue weighted by atomic mass is 32.2. The Balaban J connectivity index is 1.68. The number of fused-ring (bicyclic) bond motifs is 1. The molecule has 144 valence electrons. The number of rotatable bonds is 3. The Morgan fingerprint density at radius 3 is 2.65 bits per heavy atom. The molecule has 0 bridgehead atoms. The number of carbonyl (C=O) groups excluding carboxylic acids is 1. The second-order valence-electron chi connectivity index (χ2n) is 6.58. The molecule has 7 nitrogen and oxygen atoms in total. The van der Waals surface area contributed by atoms with E-state index in [1.165, 1.54) is 9.80 Å². The van der Waals surface area contributed by atoms with Crippen LogP contribution in [0.5, 0.6) is 0 Å². The van der Waals surface area contributed by atoms with Gasteiger partial charge in [-0.3, -0.25) is 4.90 Å². The van der Waals surface area contributed by atoms with Crippen LogP contribution in [0.25, 0.3) is 0 Å². The molecule has 1 aromatic carbocycles. The van der Waals surface area contributed by atoms with Crippen molar-refractivity contribution in [2.45, 2.75) is 30.9 Å². The van der Waals surface area contributed by atoms with Crippen LogP contribution < -0.4 is 10.5 Å². The van der Waals surface area contributed by atoms with Crippen LogP contribution in [-0.4, -0.2) is 55.3 Å². The third-order valence-electron chi connectivity index (χ3n) is 4.59. The second kappa shape index (κ2) is 6.71. The molecular weight excluding hydrogens is 373 g/mol. The average molecular weight is 392 g/mol. The molecule has 1 saturated heterocycles. The largest absolute Gasteiger partial charge is 0.401 e. The van der Waals surface area contributed by atoms with Crippen molar-refractivity contribution in [2.75, 3.05) is 25.0 Å². The van der Waals surface area contributed by atoms with Gasteiger partial charge in [-0.15, -0.1) is 0 Å². The van der Waals surface area contributed by atoms with E-state index in [1.54, 1.807) is 18.2 Å². The quantitative estimate of drug-likeness (QED) is 0.814. The third-order valence-corrected chi connectivity index (χ3v) is 5.90. The number of halogens is 3. The number of carbonyl (C=O) groups is 1. The van der Waals surface area contributed by atoms with Crippen LogP contribution in [-0.2, 0) is 23.1 Å². The molecule has 0 aromatic heterocycles. The molecule has 2 amide bonds. The summed E-state index contributed by atoms with van der Waals surface area (Å²) >= 11 is 0. The van der Waals surface area contributed by atoms with Gasteiger partial charge in [0, 0.05) is 31.9 Å². The molecule has 2 aliphatic heterocycles. The molecule has 3 rings (SSSR count). The molecule has 26 heavy (non-hydrogen) atoms. The minimum absolute atomic E-state index is 0.000110. The van der Waals surface area contributed by atoms with Crippen molar-refractivity contribution in [3.63, 3.8) is 0 Å². The van der Waals surface area contributed by atoms with Gasteiger partial charge in [0.25, 0.3) is 0 Å². The van der Waals surface area contributed by atoms with Crippen LogP contribution in [0.4, 0.5) is 23.7 Å². The second-order valence-corrected chi connectivity index (χ2v) is 8.42. The zero-order valence-corrected chi connectivity index (χ0v) is 14.6. The van der Waals surface area contributed by atoms with Gasteiger partial charge in [0.15, 0.2) is 0 Å². The smallest absolute Gasteiger partial charge is 0.323 e. The van der Waals surface area contributed by atoms with Crippen molar-refractivity contribution in [1.29, 1.82) is 0 Å². The highest BCUT2D eigenvalue weighted by molar-refractivity contribution is 7.89.